The molecule has 2 amide bonds. The van der Waals surface area contributed by atoms with Crippen LogP contribution in [0.15, 0.2) is 36.7 Å². The maximum Gasteiger partial charge on any atom is 0.246 e. The van der Waals surface area contributed by atoms with E-state index in [4.69, 9.17) is 5.11 Å². The summed E-state index contributed by atoms with van der Waals surface area (Å²) in [7, 11) is 5.39. The summed E-state index contributed by atoms with van der Waals surface area (Å²) in [5, 5.41) is 17.9. The third-order valence-corrected chi connectivity index (χ3v) is 4.69. The lowest BCUT2D eigenvalue weighted by Gasteiger charge is -2.14. The fourth-order valence-electron chi connectivity index (χ4n) is 2.82. The van der Waals surface area contributed by atoms with E-state index >= 15 is 0 Å². The number of amides is 2. The molecule has 0 fully saturated rings. The van der Waals surface area contributed by atoms with Crippen molar-refractivity contribution in [1.82, 2.24) is 30.1 Å². The standard InChI is InChI=1S/C25H33FN8O3/c1-33(2)14-7-9-23(37)34(3)18-22(36)27-12-6-4-5-8-19-16-30-25(32-24(19)28-13-15-35)31-20-10-11-21(26)29-17-20/h7,9-11,16-17,35H,4,6,12-15,18H2,1-3H3,(H,27,36)(H2,28,30,31,32)/b9-7+. The molecule has 0 aliphatic carbocycles. The minimum Gasteiger partial charge on any atom is -0.395 e. The average Bonchev–Trinajstić information content (AvgIpc) is 2.86. The lowest BCUT2D eigenvalue weighted by molar-refractivity contribution is -0.131. The number of hydrogen-bond donors (Lipinski definition) is 4. The van der Waals surface area contributed by atoms with Crippen molar-refractivity contribution < 1.29 is 19.1 Å². The van der Waals surface area contributed by atoms with Crippen LogP contribution in [0.3, 0.4) is 0 Å². The lowest BCUT2D eigenvalue weighted by Crippen LogP contribution is -2.38. The molecule has 12 heteroatoms. The SMILES string of the molecule is CN(C)C/C=C/C(=O)N(C)CC(=O)NCCCC#Cc1cnc(Nc2ccc(F)nc2)nc1NCCO. The summed E-state index contributed by atoms with van der Waals surface area (Å²) in [6.45, 7) is 1.23. The zero-order valence-corrected chi connectivity index (χ0v) is 21.3. The second kappa shape index (κ2) is 15.8. The highest BCUT2D eigenvalue weighted by atomic mass is 19.1. The summed E-state index contributed by atoms with van der Waals surface area (Å²) in [5.41, 5.74) is 1.06. The number of aromatic nitrogens is 3. The van der Waals surface area contributed by atoms with Crippen molar-refractivity contribution in [2.75, 3.05) is 64.6 Å². The molecule has 37 heavy (non-hydrogen) atoms. The summed E-state index contributed by atoms with van der Waals surface area (Å²) in [5.74, 6) is 5.66. The molecule has 0 aliphatic heterocycles. The van der Waals surface area contributed by atoms with Gasteiger partial charge in [0.25, 0.3) is 0 Å². The van der Waals surface area contributed by atoms with Crippen molar-refractivity contribution in [2.45, 2.75) is 12.8 Å². The Balaban J connectivity index is 1.82. The van der Waals surface area contributed by atoms with E-state index in [2.05, 4.69) is 42.7 Å². The number of likely N-dealkylation sites (N-methyl/N-ethyl adjacent to an activating group) is 2. The fourth-order valence-corrected chi connectivity index (χ4v) is 2.82. The van der Waals surface area contributed by atoms with Gasteiger partial charge in [0, 0.05) is 39.2 Å². The van der Waals surface area contributed by atoms with E-state index in [1.165, 1.54) is 29.3 Å². The highest BCUT2D eigenvalue weighted by molar-refractivity contribution is 5.91. The van der Waals surface area contributed by atoms with Crippen LogP contribution in [0.5, 0.6) is 0 Å². The molecule has 2 heterocycles. The highest BCUT2D eigenvalue weighted by Gasteiger charge is 2.10. The van der Waals surface area contributed by atoms with Gasteiger partial charge in [-0.15, -0.1) is 0 Å². The van der Waals surface area contributed by atoms with Gasteiger partial charge in [-0.1, -0.05) is 17.9 Å². The van der Waals surface area contributed by atoms with Gasteiger partial charge in [0.2, 0.25) is 23.7 Å². The van der Waals surface area contributed by atoms with Gasteiger partial charge in [-0.25, -0.2) is 9.97 Å². The Morgan fingerprint density at radius 1 is 1.16 bits per heavy atom. The normalized spacial score (nSPS) is 10.6. The predicted molar refractivity (Wildman–Crippen MR) is 140 cm³/mol. The molecule has 0 spiro atoms. The average molecular weight is 513 g/mol. The van der Waals surface area contributed by atoms with Gasteiger partial charge in [-0.2, -0.15) is 9.37 Å². The molecule has 11 nitrogen and oxygen atoms in total. The van der Waals surface area contributed by atoms with Crippen molar-refractivity contribution in [1.29, 1.82) is 0 Å². The van der Waals surface area contributed by atoms with E-state index in [9.17, 15) is 14.0 Å². The Bertz CT molecular complexity index is 1110. The molecule has 2 rings (SSSR count). The summed E-state index contributed by atoms with van der Waals surface area (Å²) in [6, 6.07) is 2.73. The van der Waals surface area contributed by atoms with Gasteiger partial charge in [-0.3, -0.25) is 9.59 Å². The number of unbranched alkanes of at least 4 members (excludes halogenated alkanes) is 1. The molecule has 0 unspecified atom stereocenters. The Morgan fingerprint density at radius 2 is 1.97 bits per heavy atom. The number of anilines is 3. The van der Waals surface area contributed by atoms with Gasteiger partial charge >= 0.3 is 0 Å². The molecule has 0 atom stereocenters. The molecular formula is C25H33FN8O3. The van der Waals surface area contributed by atoms with Gasteiger partial charge in [0.15, 0.2) is 0 Å². The van der Waals surface area contributed by atoms with E-state index in [0.29, 0.717) is 43.0 Å². The number of nitrogens with one attached hydrogen (secondary N) is 3. The van der Waals surface area contributed by atoms with Crippen LogP contribution in [0.1, 0.15) is 18.4 Å². The van der Waals surface area contributed by atoms with Crippen LogP contribution in [0.4, 0.5) is 21.8 Å². The number of rotatable bonds is 13. The number of aliphatic hydroxyl groups is 1. The molecular weight excluding hydrogens is 479 g/mol. The largest absolute Gasteiger partial charge is 0.395 e. The number of nitrogens with zero attached hydrogens (tertiary/aromatic N) is 5. The summed E-state index contributed by atoms with van der Waals surface area (Å²) < 4.78 is 13.0. The minimum atomic E-state index is -0.590. The third-order valence-electron chi connectivity index (χ3n) is 4.69. The number of halogens is 1. The molecule has 0 radical (unpaired) electrons. The predicted octanol–water partition coefficient (Wildman–Crippen LogP) is 0.983. The number of carbonyl (C=O) groups is 2. The minimum absolute atomic E-state index is 0.0254. The number of aliphatic hydroxyl groups excluding tert-OH is 1. The molecule has 0 saturated carbocycles. The molecule has 0 saturated heterocycles. The quantitative estimate of drug-likeness (QED) is 0.134. The van der Waals surface area contributed by atoms with Crippen LogP contribution < -0.4 is 16.0 Å². The third kappa shape index (κ3) is 11.5. The molecule has 2 aromatic rings. The summed E-state index contributed by atoms with van der Waals surface area (Å²) in [4.78, 5) is 39.5. The lowest BCUT2D eigenvalue weighted by atomic mass is 10.2. The van der Waals surface area contributed by atoms with Gasteiger partial charge < -0.3 is 30.9 Å². The number of hydrogen-bond acceptors (Lipinski definition) is 9. The monoisotopic (exact) mass is 512 g/mol. The molecule has 198 valence electrons. The first-order valence-electron chi connectivity index (χ1n) is 11.7. The Morgan fingerprint density at radius 3 is 2.68 bits per heavy atom. The first-order valence-corrected chi connectivity index (χ1v) is 11.7. The first-order chi connectivity index (χ1) is 17.8. The van der Waals surface area contributed by atoms with E-state index < -0.39 is 5.95 Å². The molecule has 4 N–H and O–H groups in total. The number of carbonyl (C=O) groups excluding carboxylic acids is 2. The summed E-state index contributed by atoms with van der Waals surface area (Å²) >= 11 is 0. The molecule has 0 aromatic carbocycles. The maximum atomic E-state index is 13.0. The maximum absolute atomic E-state index is 13.0. The van der Waals surface area contributed by atoms with Crippen molar-refractivity contribution in [3.63, 3.8) is 0 Å². The van der Waals surface area contributed by atoms with Crippen molar-refractivity contribution in [3.05, 3.63) is 48.2 Å². The summed E-state index contributed by atoms with van der Waals surface area (Å²) in [6.07, 6.45) is 7.21. The Labute approximate surface area is 216 Å². The van der Waals surface area contributed by atoms with Crippen LogP contribution >= 0.6 is 0 Å². The van der Waals surface area contributed by atoms with Crippen LogP contribution in [-0.2, 0) is 9.59 Å². The zero-order chi connectivity index (χ0) is 27.0. The molecule has 0 bridgehead atoms. The van der Waals surface area contributed by atoms with E-state index in [-0.39, 0.29) is 37.5 Å². The second-order valence-electron chi connectivity index (χ2n) is 8.22. The van der Waals surface area contributed by atoms with Crippen molar-refractivity contribution >= 4 is 29.3 Å². The Kier molecular flexibility index (Phi) is 12.5. The molecule has 2 aromatic heterocycles. The van der Waals surface area contributed by atoms with Crippen molar-refractivity contribution in [3.8, 4) is 11.8 Å². The van der Waals surface area contributed by atoms with Crippen LogP contribution in [0.2, 0.25) is 0 Å². The van der Waals surface area contributed by atoms with E-state index in [0.717, 1.165) is 0 Å². The Hall–Kier alpha value is -4.08. The van der Waals surface area contributed by atoms with Crippen molar-refractivity contribution in [2.24, 2.45) is 0 Å². The van der Waals surface area contributed by atoms with E-state index in [1.54, 1.807) is 19.3 Å². The topological polar surface area (TPSA) is 136 Å². The van der Waals surface area contributed by atoms with Gasteiger partial charge in [0.05, 0.1) is 36.8 Å². The number of pyridine rings is 1. The van der Waals surface area contributed by atoms with Crippen LogP contribution in [0.25, 0.3) is 0 Å². The van der Waals surface area contributed by atoms with Gasteiger partial charge in [-0.05, 0) is 32.6 Å². The zero-order valence-electron chi connectivity index (χ0n) is 21.3. The van der Waals surface area contributed by atoms with Gasteiger partial charge in [0.1, 0.15) is 5.82 Å². The van der Waals surface area contributed by atoms with Crippen LogP contribution in [-0.4, -0.2) is 95.6 Å². The molecule has 0 aliphatic rings. The van der Waals surface area contributed by atoms with E-state index in [1.807, 2.05) is 19.0 Å². The highest BCUT2D eigenvalue weighted by Crippen LogP contribution is 2.16. The fraction of sp³-hybridized carbons (Fsp3) is 0.400. The second-order valence-corrected chi connectivity index (χ2v) is 8.22. The smallest absolute Gasteiger partial charge is 0.246 e. The first kappa shape index (κ1) is 29.2. The van der Waals surface area contributed by atoms with Crippen LogP contribution in [0, 0.1) is 17.8 Å².